The minimum atomic E-state index is -3.10. The van der Waals surface area contributed by atoms with Gasteiger partial charge in [0.1, 0.15) is 0 Å². The fraction of sp³-hybridized carbons (Fsp3) is 1.00. The minimum Gasteiger partial charge on any atom is -0.316 e. The Morgan fingerprint density at radius 2 is 2.00 bits per heavy atom. The van der Waals surface area contributed by atoms with Crippen molar-refractivity contribution < 1.29 is 8.42 Å². The van der Waals surface area contributed by atoms with Crippen molar-refractivity contribution in [3.8, 4) is 0 Å². The summed E-state index contributed by atoms with van der Waals surface area (Å²) in [7, 11) is -3.10. The highest BCUT2D eigenvalue weighted by molar-refractivity contribution is 7.89. The van der Waals surface area contributed by atoms with Gasteiger partial charge in [0.05, 0.1) is 5.25 Å². The van der Waals surface area contributed by atoms with Crippen LogP contribution in [0.1, 0.15) is 19.8 Å². The van der Waals surface area contributed by atoms with Gasteiger partial charge in [0.15, 0.2) is 0 Å². The van der Waals surface area contributed by atoms with Crippen molar-refractivity contribution in [1.82, 2.24) is 14.9 Å². The van der Waals surface area contributed by atoms with E-state index in [2.05, 4.69) is 10.6 Å². The van der Waals surface area contributed by atoms with Crippen molar-refractivity contribution in [2.75, 3.05) is 39.3 Å². The maximum Gasteiger partial charge on any atom is 0.218 e. The van der Waals surface area contributed by atoms with Gasteiger partial charge in [-0.3, -0.25) is 0 Å². The van der Waals surface area contributed by atoms with Gasteiger partial charge in [-0.1, -0.05) is 0 Å². The Hall–Kier alpha value is -0.170. The lowest BCUT2D eigenvalue weighted by Crippen LogP contribution is -2.44. The summed E-state index contributed by atoms with van der Waals surface area (Å²) >= 11 is 0. The van der Waals surface area contributed by atoms with Crippen molar-refractivity contribution in [2.45, 2.75) is 25.0 Å². The molecule has 0 aromatic carbocycles. The molecule has 5 nitrogen and oxygen atoms in total. The van der Waals surface area contributed by atoms with Crippen LogP contribution >= 0.6 is 0 Å². The van der Waals surface area contributed by atoms with Crippen LogP contribution in [0.15, 0.2) is 0 Å². The fourth-order valence-electron chi connectivity index (χ4n) is 2.56. The molecule has 2 heterocycles. The molecule has 2 N–H and O–H groups in total. The largest absolute Gasteiger partial charge is 0.316 e. The summed E-state index contributed by atoms with van der Waals surface area (Å²) in [6, 6.07) is 0. The summed E-state index contributed by atoms with van der Waals surface area (Å²) in [5.41, 5.74) is 0. The first-order chi connectivity index (χ1) is 8.10. The van der Waals surface area contributed by atoms with Gasteiger partial charge in [0.25, 0.3) is 0 Å². The van der Waals surface area contributed by atoms with Crippen molar-refractivity contribution in [1.29, 1.82) is 0 Å². The Morgan fingerprint density at radius 3 is 2.71 bits per heavy atom. The van der Waals surface area contributed by atoms with Gasteiger partial charge in [0, 0.05) is 26.2 Å². The molecule has 0 spiro atoms. The minimum absolute atomic E-state index is 0.304. The molecule has 17 heavy (non-hydrogen) atoms. The number of nitrogens with one attached hydrogen (secondary N) is 2. The van der Waals surface area contributed by atoms with E-state index in [0.717, 1.165) is 32.5 Å². The molecule has 2 aliphatic heterocycles. The van der Waals surface area contributed by atoms with Crippen LogP contribution in [0.3, 0.4) is 0 Å². The standard InChI is InChI=1S/C11H23N3O2S/c1-10-7-13-5-6-14(17(10,15)16)9-11-3-2-4-12-8-11/h10-13H,2-9H2,1H3. The third-order valence-electron chi connectivity index (χ3n) is 3.70. The predicted molar refractivity (Wildman–Crippen MR) is 68.4 cm³/mol. The zero-order chi connectivity index (χ0) is 12.3. The molecular formula is C11H23N3O2S. The maximum absolute atomic E-state index is 12.3. The van der Waals surface area contributed by atoms with Crippen LogP contribution in [0, 0.1) is 5.92 Å². The molecule has 0 amide bonds. The van der Waals surface area contributed by atoms with Crippen molar-refractivity contribution in [3.05, 3.63) is 0 Å². The molecule has 0 aromatic heterocycles. The first-order valence-corrected chi connectivity index (χ1v) is 8.01. The van der Waals surface area contributed by atoms with Crippen LogP contribution < -0.4 is 10.6 Å². The third kappa shape index (κ3) is 3.19. The molecule has 2 rings (SSSR count). The number of piperidine rings is 1. The second kappa shape index (κ2) is 5.65. The van der Waals surface area contributed by atoms with E-state index in [-0.39, 0.29) is 5.25 Å². The molecule has 0 radical (unpaired) electrons. The van der Waals surface area contributed by atoms with E-state index in [4.69, 9.17) is 0 Å². The Morgan fingerprint density at radius 1 is 1.24 bits per heavy atom. The van der Waals surface area contributed by atoms with Gasteiger partial charge >= 0.3 is 0 Å². The molecule has 0 aromatic rings. The average Bonchev–Trinajstić information content (AvgIpc) is 2.44. The Labute approximate surface area is 104 Å². The molecule has 2 aliphatic rings. The maximum atomic E-state index is 12.3. The summed E-state index contributed by atoms with van der Waals surface area (Å²) in [6.45, 7) is 6.45. The highest BCUT2D eigenvalue weighted by Gasteiger charge is 2.32. The summed E-state index contributed by atoms with van der Waals surface area (Å²) < 4.78 is 26.2. The summed E-state index contributed by atoms with van der Waals surface area (Å²) in [4.78, 5) is 0. The second-order valence-corrected chi connectivity index (χ2v) is 7.48. The van der Waals surface area contributed by atoms with E-state index in [9.17, 15) is 8.42 Å². The lowest BCUT2D eigenvalue weighted by Gasteiger charge is -2.29. The quantitative estimate of drug-likeness (QED) is 0.711. The summed E-state index contributed by atoms with van der Waals surface area (Å²) in [6.07, 6.45) is 2.30. The SMILES string of the molecule is CC1CNCCN(CC2CCCNC2)S1(=O)=O. The Balaban J connectivity index is 2.01. The monoisotopic (exact) mass is 261 g/mol. The van der Waals surface area contributed by atoms with Crippen LogP contribution in [0.25, 0.3) is 0 Å². The van der Waals surface area contributed by atoms with Crippen molar-refractivity contribution in [2.24, 2.45) is 5.92 Å². The van der Waals surface area contributed by atoms with Gasteiger partial charge in [-0.2, -0.15) is 0 Å². The smallest absolute Gasteiger partial charge is 0.218 e. The van der Waals surface area contributed by atoms with E-state index in [1.807, 2.05) is 0 Å². The highest BCUT2D eigenvalue weighted by Crippen LogP contribution is 2.17. The van der Waals surface area contributed by atoms with Gasteiger partial charge < -0.3 is 10.6 Å². The zero-order valence-corrected chi connectivity index (χ0v) is 11.3. The topological polar surface area (TPSA) is 61.4 Å². The second-order valence-electron chi connectivity index (χ2n) is 5.13. The molecule has 2 fully saturated rings. The number of hydrogen-bond acceptors (Lipinski definition) is 4. The first-order valence-electron chi connectivity index (χ1n) is 6.51. The zero-order valence-electron chi connectivity index (χ0n) is 10.5. The Kier molecular flexibility index (Phi) is 4.41. The normalized spacial score (nSPS) is 35.4. The summed E-state index contributed by atoms with van der Waals surface area (Å²) in [5.74, 6) is 0.476. The van der Waals surface area contributed by atoms with E-state index in [0.29, 0.717) is 25.6 Å². The first kappa shape index (κ1) is 13.3. The van der Waals surface area contributed by atoms with E-state index >= 15 is 0 Å². The van der Waals surface area contributed by atoms with E-state index in [1.165, 1.54) is 0 Å². The lowest BCUT2D eigenvalue weighted by atomic mass is 10.00. The average molecular weight is 261 g/mol. The molecule has 6 heteroatoms. The molecule has 0 saturated carbocycles. The van der Waals surface area contributed by atoms with E-state index < -0.39 is 10.0 Å². The van der Waals surface area contributed by atoms with Gasteiger partial charge in [-0.15, -0.1) is 0 Å². The van der Waals surface area contributed by atoms with Crippen LogP contribution in [-0.2, 0) is 10.0 Å². The number of hydrogen-bond donors (Lipinski definition) is 2. The molecule has 2 saturated heterocycles. The Bertz CT molecular complexity index is 339. The van der Waals surface area contributed by atoms with Crippen molar-refractivity contribution >= 4 is 10.0 Å². The third-order valence-corrected chi connectivity index (χ3v) is 5.93. The number of nitrogens with zero attached hydrogens (tertiary/aromatic N) is 1. The molecule has 0 aliphatic carbocycles. The number of rotatable bonds is 2. The molecule has 0 bridgehead atoms. The van der Waals surface area contributed by atoms with Gasteiger partial charge in [-0.25, -0.2) is 12.7 Å². The van der Waals surface area contributed by atoms with Gasteiger partial charge in [0.2, 0.25) is 10.0 Å². The van der Waals surface area contributed by atoms with Crippen LogP contribution in [0.4, 0.5) is 0 Å². The molecule has 100 valence electrons. The van der Waals surface area contributed by atoms with Crippen LogP contribution in [-0.4, -0.2) is 57.2 Å². The predicted octanol–water partition coefficient (Wildman–Crippen LogP) is -0.390. The highest BCUT2D eigenvalue weighted by atomic mass is 32.2. The van der Waals surface area contributed by atoms with Crippen molar-refractivity contribution in [3.63, 3.8) is 0 Å². The number of sulfonamides is 1. The van der Waals surface area contributed by atoms with Crippen LogP contribution in [0.5, 0.6) is 0 Å². The van der Waals surface area contributed by atoms with Gasteiger partial charge in [-0.05, 0) is 38.8 Å². The molecule has 2 atom stereocenters. The summed E-state index contributed by atoms with van der Waals surface area (Å²) in [5, 5.41) is 6.22. The molecule has 2 unspecified atom stereocenters. The van der Waals surface area contributed by atoms with E-state index in [1.54, 1.807) is 11.2 Å². The fourth-order valence-corrected chi connectivity index (χ4v) is 4.16. The van der Waals surface area contributed by atoms with Crippen LogP contribution in [0.2, 0.25) is 0 Å². The lowest BCUT2D eigenvalue weighted by molar-refractivity contribution is 0.294. The molecular weight excluding hydrogens is 238 g/mol.